The zero-order valence-corrected chi connectivity index (χ0v) is 20.9. The van der Waals surface area contributed by atoms with Crippen LogP contribution in [-0.4, -0.2) is 4.87 Å². The maximum absolute atomic E-state index is 6.41. The van der Waals surface area contributed by atoms with Gasteiger partial charge in [-0.1, -0.05) is 142 Å². The number of hydrogen-bond donors (Lipinski definition) is 1. The molecular formula is C26H56ClN. The highest BCUT2D eigenvalue weighted by Crippen LogP contribution is 2.26. The summed E-state index contributed by atoms with van der Waals surface area (Å²) in [5, 5.41) is 0. The molecule has 28 heavy (non-hydrogen) atoms. The Hall–Kier alpha value is 0.250. The molecule has 0 spiro atoms. The van der Waals surface area contributed by atoms with E-state index in [9.17, 15) is 0 Å². The van der Waals surface area contributed by atoms with Gasteiger partial charge in [0.15, 0.2) is 0 Å². The molecule has 0 bridgehead atoms. The van der Waals surface area contributed by atoms with Crippen LogP contribution in [0.2, 0.25) is 0 Å². The van der Waals surface area contributed by atoms with Gasteiger partial charge in [0.05, 0.1) is 0 Å². The Morgan fingerprint density at radius 2 is 0.714 bits per heavy atom. The molecule has 1 unspecified atom stereocenters. The van der Waals surface area contributed by atoms with Gasteiger partial charge < -0.3 is 6.15 Å². The Morgan fingerprint density at radius 1 is 0.464 bits per heavy atom. The van der Waals surface area contributed by atoms with Crippen molar-refractivity contribution >= 4 is 11.6 Å². The molecule has 0 rings (SSSR count). The summed E-state index contributed by atoms with van der Waals surface area (Å²) in [6.45, 7) is 6.68. The number of hydrogen-bond acceptors (Lipinski definition) is 1. The smallest absolute Gasteiger partial charge is 0.0416 e. The minimum Gasteiger partial charge on any atom is -0.344 e. The molecule has 172 valence electrons. The second kappa shape index (κ2) is 23.5. The molecule has 0 fully saturated rings. The molecule has 1 nitrogen and oxygen atoms in total. The van der Waals surface area contributed by atoms with Gasteiger partial charge in [-0.15, -0.1) is 11.6 Å². The van der Waals surface area contributed by atoms with Gasteiger partial charge in [-0.2, -0.15) is 0 Å². The van der Waals surface area contributed by atoms with Crippen LogP contribution < -0.4 is 6.15 Å². The van der Waals surface area contributed by atoms with E-state index < -0.39 is 0 Å². The lowest BCUT2D eigenvalue weighted by Crippen LogP contribution is -2.13. The average Bonchev–Trinajstić information content (AvgIpc) is 2.66. The fourth-order valence-corrected chi connectivity index (χ4v) is 4.06. The molecule has 0 amide bonds. The van der Waals surface area contributed by atoms with Gasteiger partial charge in [-0.25, -0.2) is 0 Å². The largest absolute Gasteiger partial charge is 0.344 e. The fraction of sp³-hybridized carbons (Fsp3) is 1.00. The van der Waals surface area contributed by atoms with Gasteiger partial charge in [0.25, 0.3) is 0 Å². The zero-order chi connectivity index (χ0) is 20.1. The van der Waals surface area contributed by atoms with Crippen LogP contribution >= 0.6 is 11.6 Å². The van der Waals surface area contributed by atoms with Crippen molar-refractivity contribution in [2.24, 2.45) is 0 Å². The minimum absolute atomic E-state index is 0. The van der Waals surface area contributed by atoms with E-state index in [4.69, 9.17) is 11.6 Å². The molecular weight excluding hydrogens is 362 g/mol. The van der Waals surface area contributed by atoms with Crippen LogP contribution in [0.1, 0.15) is 162 Å². The highest BCUT2D eigenvalue weighted by molar-refractivity contribution is 6.23. The molecule has 0 radical (unpaired) electrons. The molecule has 0 aliphatic heterocycles. The molecule has 0 aliphatic rings. The quantitative estimate of drug-likeness (QED) is 0.138. The number of halogens is 1. The monoisotopic (exact) mass is 417 g/mol. The summed E-state index contributed by atoms with van der Waals surface area (Å²) in [5.41, 5.74) is 0. The first-order valence-electron chi connectivity index (χ1n) is 12.8. The molecule has 0 heterocycles. The van der Waals surface area contributed by atoms with Crippen molar-refractivity contribution in [1.29, 1.82) is 0 Å². The molecule has 1 atom stereocenters. The second-order valence-corrected chi connectivity index (χ2v) is 10.1. The molecule has 0 aromatic rings. The van der Waals surface area contributed by atoms with E-state index in [1.807, 2.05) is 0 Å². The van der Waals surface area contributed by atoms with Crippen molar-refractivity contribution in [3.8, 4) is 0 Å². The van der Waals surface area contributed by atoms with Crippen molar-refractivity contribution in [3.63, 3.8) is 0 Å². The standard InChI is InChI=1S/C26H53Cl.H3N/c1-4-6-7-8-9-10-11-12-13-14-15-16-17-18-19-20-21-22-23-24-25-26(3,27)5-2;/h4-25H2,1-3H3;1H3. The number of alkyl halides is 1. The van der Waals surface area contributed by atoms with E-state index in [-0.39, 0.29) is 11.0 Å². The van der Waals surface area contributed by atoms with Crippen LogP contribution in [0.25, 0.3) is 0 Å². The maximum Gasteiger partial charge on any atom is 0.0416 e. The van der Waals surface area contributed by atoms with Crippen LogP contribution in [0.5, 0.6) is 0 Å². The van der Waals surface area contributed by atoms with Crippen LogP contribution in [0, 0.1) is 0 Å². The summed E-state index contributed by atoms with van der Waals surface area (Å²) in [4.78, 5) is 0.0498. The van der Waals surface area contributed by atoms with Crippen LogP contribution in [0.4, 0.5) is 0 Å². The lowest BCUT2D eigenvalue weighted by molar-refractivity contribution is 0.492. The molecule has 0 aromatic heterocycles. The topological polar surface area (TPSA) is 35.0 Å². The van der Waals surface area contributed by atoms with Crippen molar-refractivity contribution < 1.29 is 0 Å². The van der Waals surface area contributed by atoms with E-state index >= 15 is 0 Å². The minimum atomic E-state index is 0. The summed E-state index contributed by atoms with van der Waals surface area (Å²) in [7, 11) is 0. The first-order valence-corrected chi connectivity index (χ1v) is 13.2. The van der Waals surface area contributed by atoms with E-state index in [0.717, 1.165) is 6.42 Å². The van der Waals surface area contributed by atoms with Gasteiger partial charge in [0, 0.05) is 4.87 Å². The van der Waals surface area contributed by atoms with Crippen molar-refractivity contribution in [2.45, 2.75) is 167 Å². The molecule has 0 aromatic carbocycles. The van der Waals surface area contributed by atoms with Crippen LogP contribution in [0.15, 0.2) is 0 Å². The summed E-state index contributed by atoms with van der Waals surface area (Å²) >= 11 is 6.41. The summed E-state index contributed by atoms with van der Waals surface area (Å²) in [5.74, 6) is 0. The molecule has 0 saturated carbocycles. The Balaban J connectivity index is 0. The SMILES string of the molecule is CCCCCCCCCCCCCCCCCCCCCCC(C)(Cl)CC.N. The van der Waals surface area contributed by atoms with Gasteiger partial charge in [0.2, 0.25) is 0 Å². The molecule has 3 N–H and O–H groups in total. The Morgan fingerprint density at radius 3 is 0.964 bits per heavy atom. The first kappa shape index (κ1) is 30.4. The highest BCUT2D eigenvalue weighted by atomic mass is 35.5. The third-order valence-electron chi connectivity index (χ3n) is 6.29. The average molecular weight is 418 g/mol. The van der Waals surface area contributed by atoms with Crippen molar-refractivity contribution in [3.05, 3.63) is 0 Å². The van der Waals surface area contributed by atoms with Crippen molar-refractivity contribution in [2.75, 3.05) is 0 Å². The molecule has 0 saturated heterocycles. The first-order chi connectivity index (χ1) is 13.1. The number of rotatable bonds is 22. The van der Waals surface area contributed by atoms with E-state index in [1.165, 1.54) is 135 Å². The third kappa shape index (κ3) is 24.3. The van der Waals surface area contributed by atoms with E-state index in [1.54, 1.807) is 0 Å². The van der Waals surface area contributed by atoms with Crippen LogP contribution in [-0.2, 0) is 0 Å². The van der Waals surface area contributed by atoms with Crippen molar-refractivity contribution in [1.82, 2.24) is 6.15 Å². The van der Waals surface area contributed by atoms with E-state index in [2.05, 4.69) is 20.8 Å². The Labute approximate surface area is 184 Å². The summed E-state index contributed by atoms with van der Waals surface area (Å²) in [6, 6.07) is 0. The van der Waals surface area contributed by atoms with Crippen LogP contribution in [0.3, 0.4) is 0 Å². The predicted molar refractivity (Wildman–Crippen MR) is 132 cm³/mol. The van der Waals surface area contributed by atoms with Gasteiger partial charge >= 0.3 is 0 Å². The Kier molecular flexibility index (Phi) is 25.6. The summed E-state index contributed by atoms with van der Waals surface area (Å²) in [6.07, 6.45) is 31.2. The lowest BCUT2D eigenvalue weighted by atomic mass is 9.98. The normalized spacial score (nSPS) is 13.3. The second-order valence-electron chi connectivity index (χ2n) is 9.23. The van der Waals surface area contributed by atoms with Gasteiger partial charge in [-0.05, 0) is 19.8 Å². The molecule has 0 aliphatic carbocycles. The zero-order valence-electron chi connectivity index (χ0n) is 20.1. The molecule has 2 heteroatoms. The summed E-state index contributed by atoms with van der Waals surface area (Å²) < 4.78 is 0. The van der Waals surface area contributed by atoms with E-state index in [0.29, 0.717) is 0 Å². The highest BCUT2D eigenvalue weighted by Gasteiger charge is 2.16. The van der Waals surface area contributed by atoms with Gasteiger partial charge in [0.1, 0.15) is 0 Å². The third-order valence-corrected chi connectivity index (χ3v) is 6.75. The maximum atomic E-state index is 6.41. The predicted octanol–water partition coefficient (Wildman–Crippen LogP) is 10.8. The van der Waals surface area contributed by atoms with Gasteiger partial charge in [-0.3, -0.25) is 0 Å². The Bertz CT molecular complexity index is 278. The lowest BCUT2D eigenvalue weighted by Gasteiger charge is -2.19. The number of unbranched alkanes of at least 4 members (excludes halogenated alkanes) is 19. The fourth-order valence-electron chi connectivity index (χ4n) is 3.93.